The first-order valence-corrected chi connectivity index (χ1v) is 4.43. The average Bonchev–Trinajstić information content (AvgIpc) is 2.18. The summed E-state index contributed by atoms with van der Waals surface area (Å²) in [4.78, 5) is 21.6. The van der Waals surface area contributed by atoms with Crippen LogP contribution >= 0.6 is 0 Å². The van der Waals surface area contributed by atoms with E-state index in [9.17, 15) is 9.59 Å². The fraction of sp³-hybridized carbons (Fsp3) is 0.0909. The number of carbonyl (C=O) groups is 2. The molecule has 0 atom stereocenters. The second kappa shape index (κ2) is 4.95. The SMILES string of the molecule is Cc1ccccc1NC(=O)/C=C/C(N)=O. The molecule has 0 aliphatic carbocycles. The maximum Gasteiger partial charge on any atom is 0.248 e. The van der Waals surface area contributed by atoms with Gasteiger partial charge in [-0.3, -0.25) is 9.59 Å². The first kappa shape index (κ1) is 11.0. The van der Waals surface area contributed by atoms with Crippen LogP contribution in [0.2, 0.25) is 0 Å². The topological polar surface area (TPSA) is 72.2 Å². The predicted octanol–water partition coefficient (Wildman–Crippen LogP) is 0.975. The second-order valence-electron chi connectivity index (χ2n) is 3.04. The molecule has 4 heteroatoms. The molecule has 1 rings (SSSR count). The summed E-state index contributed by atoms with van der Waals surface area (Å²) in [5.41, 5.74) is 6.53. The maximum atomic E-state index is 11.3. The fourth-order valence-corrected chi connectivity index (χ4v) is 1.05. The molecule has 1 aromatic rings. The summed E-state index contributed by atoms with van der Waals surface area (Å²) in [6, 6.07) is 7.36. The normalized spacial score (nSPS) is 10.2. The zero-order valence-corrected chi connectivity index (χ0v) is 8.36. The van der Waals surface area contributed by atoms with Crippen molar-refractivity contribution in [3.8, 4) is 0 Å². The van der Waals surface area contributed by atoms with Gasteiger partial charge in [-0.25, -0.2) is 0 Å². The Morgan fingerprint density at radius 2 is 1.93 bits per heavy atom. The standard InChI is InChI=1S/C11H12N2O2/c1-8-4-2-3-5-9(8)13-11(15)7-6-10(12)14/h2-7H,1H3,(H2,12,14)(H,13,15)/b7-6+. The lowest BCUT2D eigenvalue weighted by Crippen LogP contribution is -2.12. The molecular weight excluding hydrogens is 192 g/mol. The van der Waals surface area contributed by atoms with Crippen molar-refractivity contribution in [2.24, 2.45) is 5.73 Å². The van der Waals surface area contributed by atoms with Gasteiger partial charge in [-0.1, -0.05) is 18.2 Å². The predicted molar refractivity (Wildman–Crippen MR) is 58.1 cm³/mol. The summed E-state index contributed by atoms with van der Waals surface area (Å²) in [5.74, 6) is -1.02. The summed E-state index contributed by atoms with van der Waals surface area (Å²) in [6.07, 6.45) is 2.13. The van der Waals surface area contributed by atoms with Crippen molar-refractivity contribution in [1.29, 1.82) is 0 Å². The smallest absolute Gasteiger partial charge is 0.248 e. The molecule has 0 unspecified atom stereocenters. The molecule has 0 aliphatic rings. The van der Waals surface area contributed by atoms with E-state index < -0.39 is 5.91 Å². The third-order valence-corrected chi connectivity index (χ3v) is 1.80. The third kappa shape index (κ3) is 3.64. The summed E-state index contributed by atoms with van der Waals surface area (Å²) in [5, 5.41) is 2.63. The first-order valence-electron chi connectivity index (χ1n) is 4.43. The zero-order valence-electron chi connectivity index (χ0n) is 8.36. The molecule has 0 bridgehead atoms. The van der Waals surface area contributed by atoms with E-state index >= 15 is 0 Å². The Hall–Kier alpha value is -2.10. The number of hydrogen-bond donors (Lipinski definition) is 2. The Morgan fingerprint density at radius 1 is 1.27 bits per heavy atom. The molecule has 0 radical (unpaired) electrons. The fourth-order valence-electron chi connectivity index (χ4n) is 1.05. The molecule has 0 saturated carbocycles. The number of anilines is 1. The Morgan fingerprint density at radius 3 is 2.53 bits per heavy atom. The van der Waals surface area contributed by atoms with Crippen molar-refractivity contribution in [2.45, 2.75) is 6.92 Å². The number of rotatable bonds is 3. The largest absolute Gasteiger partial charge is 0.366 e. The van der Waals surface area contributed by atoms with Crippen LogP contribution in [0.1, 0.15) is 5.56 Å². The van der Waals surface area contributed by atoms with Crippen LogP contribution < -0.4 is 11.1 Å². The van der Waals surface area contributed by atoms with E-state index in [-0.39, 0.29) is 5.91 Å². The lowest BCUT2D eigenvalue weighted by molar-refractivity contribution is -0.115. The molecule has 0 saturated heterocycles. The van der Waals surface area contributed by atoms with E-state index in [1.54, 1.807) is 6.07 Å². The molecule has 0 spiro atoms. The number of primary amides is 1. The summed E-state index contributed by atoms with van der Waals surface area (Å²) in [6.45, 7) is 1.88. The number of hydrogen-bond acceptors (Lipinski definition) is 2. The van der Waals surface area contributed by atoms with Gasteiger partial charge in [0.1, 0.15) is 0 Å². The van der Waals surface area contributed by atoms with E-state index in [2.05, 4.69) is 5.32 Å². The van der Waals surface area contributed by atoms with Crippen LogP contribution in [0.15, 0.2) is 36.4 Å². The molecule has 3 N–H and O–H groups in total. The molecule has 15 heavy (non-hydrogen) atoms. The van der Waals surface area contributed by atoms with Crippen molar-refractivity contribution >= 4 is 17.5 Å². The van der Waals surface area contributed by atoms with Gasteiger partial charge in [0.25, 0.3) is 0 Å². The van der Waals surface area contributed by atoms with Gasteiger partial charge in [0.05, 0.1) is 0 Å². The molecule has 1 aromatic carbocycles. The number of carbonyl (C=O) groups excluding carboxylic acids is 2. The minimum absolute atomic E-state index is 0.372. The maximum absolute atomic E-state index is 11.3. The van der Waals surface area contributed by atoms with Gasteiger partial charge in [0.2, 0.25) is 11.8 Å². The van der Waals surface area contributed by atoms with Crippen molar-refractivity contribution < 1.29 is 9.59 Å². The molecule has 2 amide bonds. The van der Waals surface area contributed by atoms with Gasteiger partial charge in [-0.15, -0.1) is 0 Å². The monoisotopic (exact) mass is 204 g/mol. The summed E-state index contributed by atoms with van der Waals surface area (Å²) >= 11 is 0. The Bertz CT molecular complexity index is 411. The van der Waals surface area contributed by atoms with Crippen molar-refractivity contribution in [1.82, 2.24) is 0 Å². The highest BCUT2D eigenvalue weighted by Crippen LogP contribution is 2.12. The Kier molecular flexibility index (Phi) is 3.62. The highest BCUT2D eigenvalue weighted by atomic mass is 16.2. The van der Waals surface area contributed by atoms with E-state index in [0.29, 0.717) is 0 Å². The molecule has 0 heterocycles. The third-order valence-electron chi connectivity index (χ3n) is 1.80. The first-order chi connectivity index (χ1) is 7.09. The number of benzene rings is 1. The average molecular weight is 204 g/mol. The number of amides is 2. The van der Waals surface area contributed by atoms with Crippen LogP contribution in [0.3, 0.4) is 0 Å². The van der Waals surface area contributed by atoms with Crippen LogP contribution in [0, 0.1) is 6.92 Å². The zero-order chi connectivity index (χ0) is 11.3. The molecule has 0 fully saturated rings. The Balaban J connectivity index is 2.67. The molecule has 78 valence electrons. The van der Waals surface area contributed by atoms with Gasteiger partial charge in [0, 0.05) is 17.8 Å². The summed E-state index contributed by atoms with van der Waals surface area (Å²) in [7, 11) is 0. The summed E-state index contributed by atoms with van der Waals surface area (Å²) < 4.78 is 0. The van der Waals surface area contributed by atoms with Gasteiger partial charge >= 0.3 is 0 Å². The number of aryl methyl sites for hydroxylation is 1. The van der Waals surface area contributed by atoms with Crippen LogP contribution in [0.4, 0.5) is 5.69 Å². The van der Waals surface area contributed by atoms with Gasteiger partial charge < -0.3 is 11.1 Å². The van der Waals surface area contributed by atoms with Crippen molar-refractivity contribution in [3.63, 3.8) is 0 Å². The van der Waals surface area contributed by atoms with Crippen LogP contribution in [-0.4, -0.2) is 11.8 Å². The lowest BCUT2D eigenvalue weighted by atomic mass is 10.2. The Labute approximate surface area is 87.8 Å². The lowest BCUT2D eigenvalue weighted by Gasteiger charge is -2.04. The quantitative estimate of drug-likeness (QED) is 0.720. The van der Waals surface area contributed by atoms with E-state index in [0.717, 1.165) is 23.4 Å². The highest BCUT2D eigenvalue weighted by Gasteiger charge is 2.00. The van der Waals surface area contributed by atoms with E-state index in [1.807, 2.05) is 25.1 Å². The van der Waals surface area contributed by atoms with Gasteiger partial charge in [-0.2, -0.15) is 0 Å². The second-order valence-corrected chi connectivity index (χ2v) is 3.04. The minimum atomic E-state index is -0.644. The number of para-hydroxylation sites is 1. The molecule has 0 aliphatic heterocycles. The van der Waals surface area contributed by atoms with Crippen molar-refractivity contribution in [3.05, 3.63) is 42.0 Å². The van der Waals surface area contributed by atoms with Crippen molar-refractivity contribution in [2.75, 3.05) is 5.32 Å². The minimum Gasteiger partial charge on any atom is -0.366 e. The highest BCUT2D eigenvalue weighted by molar-refractivity contribution is 6.03. The van der Waals surface area contributed by atoms with E-state index in [1.165, 1.54) is 0 Å². The van der Waals surface area contributed by atoms with Crippen LogP contribution in [-0.2, 0) is 9.59 Å². The van der Waals surface area contributed by atoms with Gasteiger partial charge in [0.15, 0.2) is 0 Å². The van der Waals surface area contributed by atoms with Gasteiger partial charge in [-0.05, 0) is 18.6 Å². The van der Waals surface area contributed by atoms with Crippen LogP contribution in [0.5, 0.6) is 0 Å². The molecule has 0 aromatic heterocycles. The van der Waals surface area contributed by atoms with Crippen LogP contribution in [0.25, 0.3) is 0 Å². The molecular formula is C11H12N2O2. The van der Waals surface area contributed by atoms with E-state index in [4.69, 9.17) is 5.73 Å². The molecule has 4 nitrogen and oxygen atoms in total. The number of nitrogens with two attached hydrogens (primary N) is 1. The number of nitrogens with one attached hydrogen (secondary N) is 1.